The first-order chi connectivity index (χ1) is 8.62. The molecule has 0 aliphatic carbocycles. The van der Waals surface area contributed by atoms with Crippen molar-refractivity contribution in [3.63, 3.8) is 0 Å². The largest absolute Gasteiger partial charge is 0.286 e. The highest BCUT2D eigenvalue weighted by Crippen LogP contribution is 2.02. The molecule has 2 aromatic rings. The highest BCUT2D eigenvalue weighted by molar-refractivity contribution is 7.89. The zero-order chi connectivity index (χ0) is 13.0. The molecule has 0 bridgehead atoms. The molecule has 18 heavy (non-hydrogen) atoms. The van der Waals surface area contributed by atoms with Crippen LogP contribution in [0.3, 0.4) is 0 Å². The molecular formula is C11H14N4O2S. The van der Waals surface area contributed by atoms with Gasteiger partial charge in [-0.1, -0.05) is 12.1 Å². The van der Waals surface area contributed by atoms with Gasteiger partial charge in [0, 0.05) is 19.2 Å². The maximum atomic E-state index is 11.4. The molecule has 2 rings (SSSR count). The number of aromatic nitrogens is 3. The van der Waals surface area contributed by atoms with Gasteiger partial charge in [-0.15, -0.1) is 16.8 Å². The Morgan fingerprint density at radius 2 is 2.22 bits per heavy atom. The topological polar surface area (TPSA) is 76.4 Å². The van der Waals surface area contributed by atoms with E-state index < -0.39 is 10.0 Å². The van der Waals surface area contributed by atoms with Crippen molar-refractivity contribution in [2.75, 3.05) is 12.3 Å². The zero-order valence-electron chi connectivity index (χ0n) is 9.78. The van der Waals surface area contributed by atoms with Crippen LogP contribution in [0.25, 0.3) is 5.65 Å². The normalized spacial score (nSPS) is 11.8. The van der Waals surface area contributed by atoms with E-state index in [9.17, 15) is 8.42 Å². The van der Waals surface area contributed by atoms with Crippen molar-refractivity contribution in [3.05, 3.63) is 42.9 Å². The molecule has 7 heteroatoms. The molecule has 0 spiro atoms. The van der Waals surface area contributed by atoms with Crippen LogP contribution in [-0.2, 0) is 16.4 Å². The molecule has 0 amide bonds. The van der Waals surface area contributed by atoms with E-state index in [0.29, 0.717) is 13.0 Å². The van der Waals surface area contributed by atoms with Crippen LogP contribution in [0.1, 0.15) is 5.82 Å². The summed E-state index contributed by atoms with van der Waals surface area (Å²) in [7, 11) is -3.26. The van der Waals surface area contributed by atoms with Crippen LogP contribution in [0.5, 0.6) is 0 Å². The van der Waals surface area contributed by atoms with Crippen molar-refractivity contribution in [1.82, 2.24) is 19.3 Å². The van der Waals surface area contributed by atoms with Gasteiger partial charge in [-0.3, -0.25) is 4.40 Å². The van der Waals surface area contributed by atoms with Crippen molar-refractivity contribution in [2.45, 2.75) is 6.42 Å². The highest BCUT2D eigenvalue weighted by Gasteiger charge is 2.08. The number of nitrogens with zero attached hydrogens (tertiary/aromatic N) is 3. The number of nitrogens with one attached hydrogen (secondary N) is 1. The Bertz CT molecular complexity index is 648. The van der Waals surface area contributed by atoms with Crippen molar-refractivity contribution in [1.29, 1.82) is 0 Å². The van der Waals surface area contributed by atoms with Crippen LogP contribution in [0, 0.1) is 0 Å². The fourth-order valence-electron chi connectivity index (χ4n) is 1.59. The number of hydrogen-bond acceptors (Lipinski definition) is 4. The molecule has 6 nitrogen and oxygen atoms in total. The number of fused-ring (bicyclic) bond motifs is 1. The van der Waals surface area contributed by atoms with Crippen LogP contribution >= 0.6 is 0 Å². The SMILES string of the molecule is C=CCS(=O)(=O)NCCc1nnc2ccccn12. The van der Waals surface area contributed by atoms with Gasteiger partial charge >= 0.3 is 0 Å². The summed E-state index contributed by atoms with van der Waals surface area (Å²) in [6, 6.07) is 5.60. The summed E-state index contributed by atoms with van der Waals surface area (Å²) in [6.45, 7) is 3.70. The molecule has 0 aliphatic heterocycles. The van der Waals surface area contributed by atoms with Crippen molar-refractivity contribution < 1.29 is 8.42 Å². The third-order valence-electron chi connectivity index (χ3n) is 2.39. The zero-order valence-corrected chi connectivity index (χ0v) is 10.6. The summed E-state index contributed by atoms with van der Waals surface area (Å²) in [5.41, 5.74) is 0.751. The molecule has 0 aliphatic rings. The summed E-state index contributed by atoms with van der Waals surface area (Å²) in [5, 5.41) is 8.01. The number of pyridine rings is 1. The Balaban J connectivity index is 2.01. The highest BCUT2D eigenvalue weighted by atomic mass is 32.2. The lowest BCUT2D eigenvalue weighted by molar-refractivity contribution is 0.583. The predicted molar refractivity (Wildman–Crippen MR) is 68.7 cm³/mol. The molecule has 2 heterocycles. The van der Waals surface area contributed by atoms with Crippen molar-refractivity contribution in [2.24, 2.45) is 0 Å². The van der Waals surface area contributed by atoms with Crippen molar-refractivity contribution in [3.8, 4) is 0 Å². The van der Waals surface area contributed by atoms with E-state index in [1.165, 1.54) is 6.08 Å². The van der Waals surface area contributed by atoms with E-state index in [1.54, 1.807) is 0 Å². The Morgan fingerprint density at radius 3 is 3.00 bits per heavy atom. The van der Waals surface area contributed by atoms with E-state index in [0.717, 1.165) is 11.5 Å². The summed E-state index contributed by atoms with van der Waals surface area (Å²) in [5.74, 6) is 0.653. The van der Waals surface area contributed by atoms with E-state index >= 15 is 0 Å². The monoisotopic (exact) mass is 266 g/mol. The maximum Gasteiger partial charge on any atom is 0.215 e. The average Bonchev–Trinajstić information content (AvgIpc) is 2.73. The molecular weight excluding hydrogens is 252 g/mol. The van der Waals surface area contributed by atoms with Crippen LogP contribution in [0.4, 0.5) is 0 Å². The van der Waals surface area contributed by atoms with E-state index in [4.69, 9.17) is 0 Å². The van der Waals surface area contributed by atoms with Crippen molar-refractivity contribution >= 4 is 15.7 Å². The van der Waals surface area contributed by atoms with Gasteiger partial charge in [-0.2, -0.15) is 0 Å². The Hall–Kier alpha value is -1.73. The number of hydrogen-bond donors (Lipinski definition) is 1. The first-order valence-electron chi connectivity index (χ1n) is 5.49. The molecule has 1 N–H and O–H groups in total. The average molecular weight is 266 g/mol. The summed E-state index contributed by atoms with van der Waals surface area (Å²) in [4.78, 5) is 0. The second kappa shape index (κ2) is 5.28. The smallest absolute Gasteiger partial charge is 0.215 e. The fourth-order valence-corrected chi connectivity index (χ4v) is 2.44. The molecule has 0 radical (unpaired) electrons. The van der Waals surface area contributed by atoms with Crippen LogP contribution < -0.4 is 4.72 Å². The van der Waals surface area contributed by atoms with Gasteiger partial charge in [0.25, 0.3) is 0 Å². The predicted octanol–water partition coefficient (Wildman–Crippen LogP) is 0.377. The minimum absolute atomic E-state index is 0.0758. The third-order valence-corrected chi connectivity index (χ3v) is 3.71. The van der Waals surface area contributed by atoms with E-state index in [1.807, 2.05) is 28.8 Å². The summed E-state index contributed by atoms with van der Waals surface area (Å²) < 4.78 is 27.1. The molecule has 0 fully saturated rings. The number of rotatable bonds is 6. The summed E-state index contributed by atoms with van der Waals surface area (Å²) >= 11 is 0. The first-order valence-corrected chi connectivity index (χ1v) is 7.14. The lowest BCUT2D eigenvalue weighted by Gasteiger charge is -2.03. The van der Waals surface area contributed by atoms with Crippen LogP contribution in [-0.4, -0.2) is 35.3 Å². The third kappa shape index (κ3) is 2.93. The van der Waals surface area contributed by atoms with Gasteiger partial charge in [0.1, 0.15) is 5.82 Å². The van der Waals surface area contributed by atoms with Gasteiger partial charge in [-0.05, 0) is 12.1 Å². The second-order valence-electron chi connectivity index (χ2n) is 3.76. The Labute approximate surface area is 105 Å². The molecule has 0 atom stereocenters. The minimum atomic E-state index is -3.26. The fraction of sp³-hybridized carbons (Fsp3) is 0.273. The first kappa shape index (κ1) is 12.7. The van der Waals surface area contributed by atoms with Gasteiger partial charge in [-0.25, -0.2) is 13.1 Å². The van der Waals surface area contributed by atoms with Gasteiger partial charge in [0.2, 0.25) is 10.0 Å². The summed E-state index contributed by atoms with van der Waals surface area (Å²) in [6.07, 6.45) is 3.69. The van der Waals surface area contributed by atoms with Crippen LogP contribution in [0.15, 0.2) is 37.1 Å². The molecule has 0 unspecified atom stereocenters. The van der Waals surface area contributed by atoms with Crippen LogP contribution in [0.2, 0.25) is 0 Å². The van der Waals surface area contributed by atoms with E-state index in [2.05, 4.69) is 21.5 Å². The molecule has 0 saturated heterocycles. The lowest BCUT2D eigenvalue weighted by Crippen LogP contribution is -2.28. The minimum Gasteiger partial charge on any atom is -0.286 e. The van der Waals surface area contributed by atoms with Gasteiger partial charge in [0.15, 0.2) is 5.65 Å². The maximum absolute atomic E-state index is 11.4. The Morgan fingerprint density at radius 1 is 1.39 bits per heavy atom. The molecule has 2 aromatic heterocycles. The standard InChI is InChI=1S/C11H14N4O2S/c1-2-9-18(16,17)12-7-6-11-14-13-10-5-3-4-8-15(10)11/h2-5,8,12H,1,6-7,9H2. The quantitative estimate of drug-likeness (QED) is 0.767. The molecule has 0 saturated carbocycles. The second-order valence-corrected chi connectivity index (χ2v) is 5.61. The van der Waals surface area contributed by atoms with Gasteiger partial charge in [0.05, 0.1) is 5.75 Å². The van der Waals surface area contributed by atoms with Gasteiger partial charge < -0.3 is 0 Å². The molecule has 0 aromatic carbocycles. The van der Waals surface area contributed by atoms with E-state index in [-0.39, 0.29) is 5.75 Å². The molecule has 96 valence electrons. The Kier molecular flexibility index (Phi) is 3.73. The number of sulfonamides is 1. The lowest BCUT2D eigenvalue weighted by atomic mass is 10.4.